The zero-order chi connectivity index (χ0) is 15.4. The molecule has 1 atom stereocenters. The highest BCUT2D eigenvalue weighted by atomic mass is 16.3. The Kier molecular flexibility index (Phi) is 4.59. The van der Waals surface area contributed by atoms with Gasteiger partial charge in [0.2, 0.25) is 0 Å². The number of para-hydroxylation sites is 1. The SMILES string of the molecule is Cc1nccn1CCCCN[C@@H](C)c1cc2ccccc2o1. The van der Waals surface area contributed by atoms with Crippen molar-refractivity contribution in [2.75, 3.05) is 6.54 Å². The number of unbranched alkanes of at least 4 members (excludes halogenated alkanes) is 1. The zero-order valence-electron chi connectivity index (χ0n) is 13.2. The number of nitrogens with one attached hydrogen (secondary N) is 1. The van der Waals surface area contributed by atoms with Gasteiger partial charge in [-0.05, 0) is 45.4 Å². The standard InChI is InChI=1S/C18H23N3O/c1-14(18-13-16-7-3-4-8-17(16)22-18)19-9-5-6-11-21-12-10-20-15(21)2/h3-4,7-8,10,12-14,19H,5-6,9,11H2,1-2H3/t14-/m0/s1. The van der Waals surface area contributed by atoms with Crippen LogP contribution in [-0.4, -0.2) is 16.1 Å². The summed E-state index contributed by atoms with van der Waals surface area (Å²) < 4.78 is 8.08. The second-order valence-corrected chi connectivity index (χ2v) is 5.74. The van der Waals surface area contributed by atoms with Gasteiger partial charge in [-0.15, -0.1) is 0 Å². The number of furan rings is 1. The van der Waals surface area contributed by atoms with Crippen molar-refractivity contribution in [3.8, 4) is 0 Å². The lowest BCUT2D eigenvalue weighted by Crippen LogP contribution is -2.19. The van der Waals surface area contributed by atoms with Gasteiger partial charge in [-0.25, -0.2) is 4.98 Å². The predicted molar refractivity (Wildman–Crippen MR) is 88.8 cm³/mol. The molecule has 4 heteroatoms. The maximum Gasteiger partial charge on any atom is 0.134 e. The molecule has 0 aliphatic rings. The highest BCUT2D eigenvalue weighted by Crippen LogP contribution is 2.23. The van der Waals surface area contributed by atoms with E-state index in [1.54, 1.807) is 0 Å². The van der Waals surface area contributed by atoms with E-state index in [1.807, 2.05) is 37.5 Å². The predicted octanol–water partition coefficient (Wildman–Crippen LogP) is 4.07. The molecular weight excluding hydrogens is 274 g/mol. The van der Waals surface area contributed by atoms with Gasteiger partial charge in [0.15, 0.2) is 0 Å². The first kappa shape index (κ1) is 14.9. The summed E-state index contributed by atoms with van der Waals surface area (Å²) in [5.41, 5.74) is 0.960. The lowest BCUT2D eigenvalue weighted by Gasteiger charge is -2.11. The van der Waals surface area contributed by atoms with Crippen molar-refractivity contribution < 1.29 is 4.42 Å². The molecule has 22 heavy (non-hydrogen) atoms. The van der Waals surface area contributed by atoms with Gasteiger partial charge in [-0.1, -0.05) is 18.2 Å². The number of rotatable bonds is 7. The minimum absolute atomic E-state index is 0.238. The molecule has 0 bridgehead atoms. The molecule has 0 saturated carbocycles. The quantitative estimate of drug-likeness (QED) is 0.668. The third-order valence-electron chi connectivity index (χ3n) is 4.07. The minimum Gasteiger partial charge on any atom is -0.459 e. The fraction of sp³-hybridized carbons (Fsp3) is 0.389. The Morgan fingerprint density at radius 3 is 2.91 bits per heavy atom. The molecular formula is C18H23N3O. The Balaban J connectivity index is 1.44. The Morgan fingerprint density at radius 1 is 1.27 bits per heavy atom. The lowest BCUT2D eigenvalue weighted by atomic mass is 10.2. The van der Waals surface area contributed by atoms with Gasteiger partial charge in [0, 0.05) is 24.3 Å². The number of hydrogen-bond acceptors (Lipinski definition) is 3. The van der Waals surface area contributed by atoms with E-state index < -0.39 is 0 Å². The van der Waals surface area contributed by atoms with Crippen LogP contribution >= 0.6 is 0 Å². The summed E-state index contributed by atoms with van der Waals surface area (Å²) >= 11 is 0. The molecule has 0 radical (unpaired) electrons. The van der Waals surface area contributed by atoms with Crippen LogP contribution in [0.1, 0.15) is 37.4 Å². The third kappa shape index (κ3) is 3.39. The largest absolute Gasteiger partial charge is 0.459 e. The van der Waals surface area contributed by atoms with E-state index in [0.717, 1.165) is 43.1 Å². The van der Waals surface area contributed by atoms with E-state index in [-0.39, 0.29) is 6.04 Å². The average Bonchev–Trinajstić information content (AvgIpc) is 3.13. The van der Waals surface area contributed by atoms with Gasteiger partial charge in [0.05, 0.1) is 6.04 Å². The van der Waals surface area contributed by atoms with E-state index in [9.17, 15) is 0 Å². The van der Waals surface area contributed by atoms with Gasteiger partial charge in [-0.2, -0.15) is 0 Å². The summed E-state index contributed by atoms with van der Waals surface area (Å²) in [6.07, 6.45) is 6.19. The van der Waals surface area contributed by atoms with Crippen LogP contribution in [0.15, 0.2) is 47.1 Å². The Bertz CT molecular complexity index is 696. The van der Waals surface area contributed by atoms with E-state index in [1.165, 1.54) is 5.39 Å². The number of aryl methyl sites for hydroxylation is 2. The topological polar surface area (TPSA) is 43.0 Å². The molecule has 0 unspecified atom stereocenters. The summed E-state index contributed by atoms with van der Waals surface area (Å²) in [4.78, 5) is 4.24. The summed E-state index contributed by atoms with van der Waals surface area (Å²) in [5.74, 6) is 2.09. The van der Waals surface area contributed by atoms with Crippen molar-refractivity contribution in [3.05, 3.63) is 54.3 Å². The normalized spacial score (nSPS) is 12.8. The van der Waals surface area contributed by atoms with Crippen molar-refractivity contribution >= 4 is 11.0 Å². The van der Waals surface area contributed by atoms with E-state index in [0.29, 0.717) is 0 Å². The van der Waals surface area contributed by atoms with Crippen molar-refractivity contribution in [1.29, 1.82) is 0 Å². The molecule has 0 saturated heterocycles. The molecule has 0 aliphatic carbocycles. The Morgan fingerprint density at radius 2 is 2.14 bits per heavy atom. The van der Waals surface area contributed by atoms with Crippen molar-refractivity contribution in [2.24, 2.45) is 0 Å². The maximum absolute atomic E-state index is 5.89. The Labute approximate surface area is 131 Å². The molecule has 0 spiro atoms. The van der Waals surface area contributed by atoms with Gasteiger partial charge >= 0.3 is 0 Å². The second kappa shape index (κ2) is 6.79. The summed E-state index contributed by atoms with van der Waals surface area (Å²) in [6, 6.07) is 10.5. The first-order chi connectivity index (χ1) is 10.7. The third-order valence-corrected chi connectivity index (χ3v) is 4.07. The Hall–Kier alpha value is -2.07. The molecule has 2 heterocycles. The number of hydrogen-bond donors (Lipinski definition) is 1. The van der Waals surface area contributed by atoms with Gasteiger partial charge in [0.25, 0.3) is 0 Å². The monoisotopic (exact) mass is 297 g/mol. The van der Waals surface area contributed by atoms with Crippen molar-refractivity contribution in [3.63, 3.8) is 0 Å². The lowest BCUT2D eigenvalue weighted by molar-refractivity contribution is 0.441. The van der Waals surface area contributed by atoms with E-state index in [2.05, 4.69) is 33.9 Å². The van der Waals surface area contributed by atoms with E-state index in [4.69, 9.17) is 4.42 Å². The van der Waals surface area contributed by atoms with Gasteiger partial charge in [-0.3, -0.25) is 0 Å². The van der Waals surface area contributed by atoms with Crippen LogP contribution in [0.5, 0.6) is 0 Å². The second-order valence-electron chi connectivity index (χ2n) is 5.74. The number of nitrogens with zero attached hydrogens (tertiary/aromatic N) is 2. The highest BCUT2D eigenvalue weighted by molar-refractivity contribution is 5.77. The minimum atomic E-state index is 0.238. The number of benzene rings is 1. The molecule has 3 aromatic rings. The van der Waals surface area contributed by atoms with Gasteiger partial charge < -0.3 is 14.3 Å². The van der Waals surface area contributed by atoms with Crippen molar-refractivity contribution in [2.45, 2.75) is 39.3 Å². The molecule has 0 fully saturated rings. The molecule has 0 aliphatic heterocycles. The smallest absolute Gasteiger partial charge is 0.134 e. The fourth-order valence-electron chi connectivity index (χ4n) is 2.68. The number of imidazole rings is 1. The molecule has 1 aromatic carbocycles. The van der Waals surface area contributed by atoms with Crippen LogP contribution in [0.2, 0.25) is 0 Å². The molecule has 116 valence electrons. The van der Waals surface area contributed by atoms with E-state index >= 15 is 0 Å². The molecule has 1 N–H and O–H groups in total. The molecule has 2 aromatic heterocycles. The van der Waals surface area contributed by atoms with Crippen LogP contribution in [-0.2, 0) is 6.54 Å². The van der Waals surface area contributed by atoms with Crippen LogP contribution < -0.4 is 5.32 Å². The van der Waals surface area contributed by atoms with Crippen LogP contribution in [0.3, 0.4) is 0 Å². The highest BCUT2D eigenvalue weighted by Gasteiger charge is 2.10. The summed E-state index contributed by atoms with van der Waals surface area (Å²) in [5, 5.41) is 4.70. The first-order valence-corrected chi connectivity index (χ1v) is 7.93. The average molecular weight is 297 g/mol. The van der Waals surface area contributed by atoms with Crippen molar-refractivity contribution in [1.82, 2.24) is 14.9 Å². The molecule has 4 nitrogen and oxygen atoms in total. The summed E-state index contributed by atoms with van der Waals surface area (Å²) in [6.45, 7) is 6.22. The van der Waals surface area contributed by atoms with Crippen LogP contribution in [0.25, 0.3) is 11.0 Å². The number of aromatic nitrogens is 2. The maximum atomic E-state index is 5.89. The first-order valence-electron chi connectivity index (χ1n) is 7.93. The van der Waals surface area contributed by atoms with Gasteiger partial charge in [0.1, 0.15) is 17.2 Å². The molecule has 0 amide bonds. The van der Waals surface area contributed by atoms with Crippen LogP contribution in [0.4, 0.5) is 0 Å². The summed E-state index contributed by atoms with van der Waals surface area (Å²) in [7, 11) is 0. The number of fused-ring (bicyclic) bond motifs is 1. The fourth-order valence-corrected chi connectivity index (χ4v) is 2.68. The zero-order valence-corrected chi connectivity index (χ0v) is 13.2. The van der Waals surface area contributed by atoms with Crippen LogP contribution in [0, 0.1) is 6.92 Å². The molecule has 3 rings (SSSR count).